The molecule has 1 fully saturated rings. The van der Waals surface area contributed by atoms with E-state index in [2.05, 4.69) is 11.6 Å². The van der Waals surface area contributed by atoms with Crippen molar-refractivity contribution in [3.8, 4) is 0 Å². The van der Waals surface area contributed by atoms with Crippen LogP contribution in [0.2, 0.25) is 0 Å². The van der Waals surface area contributed by atoms with Crippen LogP contribution in [-0.2, 0) is 10.0 Å². The van der Waals surface area contributed by atoms with Crippen molar-refractivity contribution in [2.45, 2.75) is 35.4 Å². The Hall–Kier alpha value is -0.920. The van der Waals surface area contributed by atoms with Gasteiger partial charge in [0.1, 0.15) is 0 Å². The van der Waals surface area contributed by atoms with Crippen LogP contribution >= 0.6 is 11.8 Å². The summed E-state index contributed by atoms with van der Waals surface area (Å²) in [6.07, 6.45) is 5.56. The number of benzene rings is 1. The molecule has 0 aromatic heterocycles. The van der Waals surface area contributed by atoms with Crippen LogP contribution in [-0.4, -0.2) is 26.0 Å². The molecule has 19 heavy (non-hydrogen) atoms. The fraction of sp³-hybridized carbons (Fsp3) is 0.500. The number of nitrogen functional groups attached to an aromatic ring is 1. The van der Waals surface area contributed by atoms with Gasteiger partial charge in [0, 0.05) is 22.7 Å². The molecule has 0 amide bonds. The maximum atomic E-state index is 11.4. The molecule has 2 rings (SSSR count). The van der Waals surface area contributed by atoms with Gasteiger partial charge in [-0.2, -0.15) is 11.8 Å². The Morgan fingerprint density at radius 3 is 2.68 bits per heavy atom. The molecule has 0 aliphatic heterocycles. The topological polar surface area (TPSA) is 98.2 Å². The lowest BCUT2D eigenvalue weighted by Gasteiger charge is -2.21. The van der Waals surface area contributed by atoms with E-state index in [1.54, 1.807) is 12.1 Å². The minimum Gasteiger partial charge on any atom is -0.399 e. The summed E-state index contributed by atoms with van der Waals surface area (Å²) in [6.45, 7) is 0. The summed E-state index contributed by atoms with van der Waals surface area (Å²) in [6, 6.07) is 5.01. The summed E-state index contributed by atoms with van der Waals surface area (Å²) in [5, 5.41) is 9.07. The lowest BCUT2D eigenvalue weighted by molar-refractivity contribution is 0.598. The molecule has 1 saturated carbocycles. The molecule has 1 aliphatic carbocycles. The van der Waals surface area contributed by atoms with Gasteiger partial charge < -0.3 is 11.1 Å². The van der Waals surface area contributed by atoms with E-state index in [1.165, 1.54) is 18.9 Å². The second-order valence-electron chi connectivity index (χ2n) is 4.79. The van der Waals surface area contributed by atoms with E-state index in [4.69, 9.17) is 10.9 Å². The molecule has 1 aromatic rings. The highest BCUT2D eigenvalue weighted by Gasteiger charge is 2.26. The normalized spacial score (nSPS) is 23.5. The summed E-state index contributed by atoms with van der Waals surface area (Å²) < 4.78 is 22.8. The third-order valence-corrected chi connectivity index (χ3v) is 5.43. The number of sulfonamides is 1. The number of nitrogens with one attached hydrogen (secondary N) is 1. The van der Waals surface area contributed by atoms with E-state index in [9.17, 15) is 8.42 Å². The summed E-state index contributed by atoms with van der Waals surface area (Å²) >= 11 is 1.84. The van der Waals surface area contributed by atoms with Crippen molar-refractivity contribution < 1.29 is 8.42 Å². The number of primary sulfonamides is 1. The highest BCUT2D eigenvalue weighted by molar-refractivity contribution is 7.99. The average Bonchev–Trinajstić information content (AvgIpc) is 2.74. The predicted octanol–water partition coefficient (Wildman–Crippen LogP) is 1.61. The molecule has 0 heterocycles. The molecule has 106 valence electrons. The van der Waals surface area contributed by atoms with Crippen LogP contribution in [0, 0.1) is 0 Å². The largest absolute Gasteiger partial charge is 0.399 e. The molecule has 0 saturated heterocycles. The van der Waals surface area contributed by atoms with Crippen molar-refractivity contribution in [3.63, 3.8) is 0 Å². The van der Waals surface area contributed by atoms with Gasteiger partial charge in [-0.3, -0.25) is 0 Å². The van der Waals surface area contributed by atoms with Gasteiger partial charge in [-0.1, -0.05) is 6.42 Å². The van der Waals surface area contributed by atoms with Crippen LogP contribution in [0.15, 0.2) is 23.1 Å². The van der Waals surface area contributed by atoms with Gasteiger partial charge in [-0.25, -0.2) is 13.6 Å². The Morgan fingerprint density at radius 1 is 1.32 bits per heavy atom. The maximum absolute atomic E-state index is 11.4. The first-order valence-electron chi connectivity index (χ1n) is 6.13. The number of thioether (sulfide) groups is 1. The van der Waals surface area contributed by atoms with Gasteiger partial charge in [-0.15, -0.1) is 0 Å². The fourth-order valence-electron chi connectivity index (χ4n) is 2.46. The van der Waals surface area contributed by atoms with Crippen LogP contribution in [0.5, 0.6) is 0 Å². The van der Waals surface area contributed by atoms with Crippen molar-refractivity contribution >= 4 is 33.2 Å². The molecule has 2 unspecified atom stereocenters. The summed E-state index contributed by atoms with van der Waals surface area (Å²) in [5.41, 5.74) is 6.85. The highest BCUT2D eigenvalue weighted by atomic mass is 32.2. The van der Waals surface area contributed by atoms with Crippen LogP contribution in [0.1, 0.15) is 19.3 Å². The van der Waals surface area contributed by atoms with Crippen molar-refractivity contribution in [1.29, 1.82) is 0 Å². The Bertz CT molecular complexity index is 560. The first kappa shape index (κ1) is 14.5. The van der Waals surface area contributed by atoms with Crippen molar-refractivity contribution in [2.75, 3.05) is 17.3 Å². The molecule has 7 heteroatoms. The van der Waals surface area contributed by atoms with Crippen molar-refractivity contribution in [1.82, 2.24) is 0 Å². The van der Waals surface area contributed by atoms with Crippen LogP contribution in [0.25, 0.3) is 0 Å². The molecule has 5 N–H and O–H groups in total. The summed E-state index contributed by atoms with van der Waals surface area (Å²) in [4.78, 5) is 0.0497. The first-order valence-corrected chi connectivity index (χ1v) is 8.96. The lowest BCUT2D eigenvalue weighted by Crippen LogP contribution is -2.26. The second-order valence-corrected chi connectivity index (χ2v) is 7.43. The quantitative estimate of drug-likeness (QED) is 0.734. The van der Waals surface area contributed by atoms with Crippen molar-refractivity contribution in [2.24, 2.45) is 5.14 Å². The van der Waals surface area contributed by atoms with E-state index in [0.717, 1.165) is 12.1 Å². The van der Waals surface area contributed by atoms with Crippen LogP contribution in [0.3, 0.4) is 0 Å². The Kier molecular flexibility index (Phi) is 4.27. The predicted molar refractivity (Wildman–Crippen MR) is 80.8 cm³/mol. The molecular formula is C12H19N3O2S2. The molecule has 0 spiro atoms. The van der Waals surface area contributed by atoms with Gasteiger partial charge in [0.15, 0.2) is 0 Å². The number of rotatable bonds is 4. The monoisotopic (exact) mass is 301 g/mol. The van der Waals surface area contributed by atoms with Gasteiger partial charge in [0.2, 0.25) is 10.0 Å². The summed E-state index contributed by atoms with van der Waals surface area (Å²) in [7, 11) is -3.73. The van der Waals surface area contributed by atoms with E-state index in [1.807, 2.05) is 11.8 Å². The second kappa shape index (κ2) is 5.60. The average molecular weight is 301 g/mol. The number of nitrogens with two attached hydrogens (primary N) is 2. The van der Waals surface area contributed by atoms with E-state index < -0.39 is 10.0 Å². The van der Waals surface area contributed by atoms with E-state index in [-0.39, 0.29) is 4.90 Å². The number of anilines is 2. The number of hydrogen-bond acceptors (Lipinski definition) is 5. The van der Waals surface area contributed by atoms with Gasteiger partial charge in [0.05, 0.1) is 4.90 Å². The molecule has 0 radical (unpaired) electrons. The van der Waals surface area contributed by atoms with Crippen LogP contribution < -0.4 is 16.2 Å². The van der Waals surface area contributed by atoms with Gasteiger partial charge in [-0.05, 0) is 37.3 Å². The maximum Gasteiger partial charge on any atom is 0.238 e. The zero-order chi connectivity index (χ0) is 14.0. The molecule has 1 aliphatic rings. The Balaban J connectivity index is 2.23. The van der Waals surface area contributed by atoms with Gasteiger partial charge in [0.25, 0.3) is 0 Å². The Morgan fingerprint density at radius 2 is 2.05 bits per heavy atom. The smallest absolute Gasteiger partial charge is 0.238 e. The number of hydrogen-bond donors (Lipinski definition) is 3. The minimum absolute atomic E-state index is 0.0497. The Labute approximate surface area is 118 Å². The molecule has 5 nitrogen and oxygen atoms in total. The minimum atomic E-state index is -3.73. The SMILES string of the molecule is CSC1CCCC1Nc1cc(N)cc(S(N)(=O)=O)c1. The molecule has 0 bridgehead atoms. The van der Waals surface area contributed by atoms with E-state index >= 15 is 0 Å². The van der Waals surface area contributed by atoms with E-state index in [0.29, 0.717) is 17.0 Å². The molecular weight excluding hydrogens is 282 g/mol. The zero-order valence-corrected chi connectivity index (χ0v) is 12.4. The van der Waals surface area contributed by atoms with Crippen molar-refractivity contribution in [3.05, 3.63) is 18.2 Å². The summed E-state index contributed by atoms with van der Waals surface area (Å²) in [5.74, 6) is 0. The lowest BCUT2D eigenvalue weighted by atomic mass is 10.2. The van der Waals surface area contributed by atoms with Gasteiger partial charge >= 0.3 is 0 Å². The molecule has 1 aromatic carbocycles. The van der Waals surface area contributed by atoms with Crippen LogP contribution in [0.4, 0.5) is 11.4 Å². The standard InChI is InChI=1S/C12H19N3O2S2/c1-18-12-4-2-3-11(12)15-9-5-8(13)6-10(7-9)19(14,16)17/h5-7,11-12,15H,2-4,13H2,1H3,(H2,14,16,17). The highest BCUT2D eigenvalue weighted by Crippen LogP contribution is 2.31. The third-order valence-electron chi connectivity index (χ3n) is 3.36. The zero-order valence-electron chi connectivity index (χ0n) is 10.8. The fourth-order valence-corrected chi connectivity index (χ4v) is 3.98. The first-order chi connectivity index (χ1) is 8.90. The molecule has 2 atom stereocenters. The third kappa shape index (κ3) is 3.55.